The average molecular weight is 806 g/mol. The molecule has 12 atom stereocenters. The Morgan fingerprint density at radius 2 is 1.46 bits per heavy atom. The summed E-state index contributed by atoms with van der Waals surface area (Å²) in [6.07, 6.45) is -13.3. The van der Waals surface area contributed by atoms with Crippen molar-refractivity contribution in [2.45, 2.75) is 55.3 Å². The van der Waals surface area contributed by atoms with Crippen LogP contribution in [0.5, 0.6) is 0 Å². The van der Waals surface area contributed by atoms with Crippen LogP contribution in [0.4, 0.5) is 5.95 Å². The minimum Gasteiger partial charge on any atom is -0.387 e. The van der Waals surface area contributed by atoms with E-state index in [-0.39, 0.29) is 41.3 Å². The average Bonchev–Trinajstić information content (AvgIpc) is 3.74. The zero-order valence-electron chi connectivity index (χ0n) is 26.2. The van der Waals surface area contributed by atoms with E-state index >= 15 is 0 Å². The standard InChI is InChI=1S/C21H33N10O18P3/c1-29-5-31(15-9(29)17(37)28-21(23)26-15)19-13(35)11(33)7(47-19)3-45-51(40,41)49-52(42,43)48-50(38,39)44-2-6-10(32)12(34)18(46-6)30-4-24-8-14(30)25-20(22)27-16(8)36/h4,6-7,10-13,17-19,32-35,37H,2-3,5H2,1H3,(H,38,39)(H,40,41)(H,42,43)(H3,23,26,28)(H3,22,25,27,36)/t6-,7-,10?,11+,12?,13?,17?,18-,19-/m1/s1. The Morgan fingerprint density at radius 1 is 0.904 bits per heavy atom. The van der Waals surface area contributed by atoms with E-state index in [1.807, 2.05) is 0 Å². The zero-order chi connectivity index (χ0) is 38.1. The second kappa shape index (κ2) is 13.9. The van der Waals surface area contributed by atoms with Crippen molar-refractivity contribution in [2.24, 2.45) is 10.7 Å². The predicted octanol–water partition coefficient (Wildman–Crippen LogP) is -5.25. The number of imidazole rings is 1. The molecule has 4 aliphatic rings. The van der Waals surface area contributed by atoms with Gasteiger partial charge in [-0.05, 0) is 0 Å². The maximum absolute atomic E-state index is 12.5. The third-order valence-corrected chi connectivity index (χ3v) is 12.2. The highest BCUT2D eigenvalue weighted by Crippen LogP contribution is 2.67. The van der Waals surface area contributed by atoms with Crippen LogP contribution in [0.3, 0.4) is 0 Å². The molecule has 0 saturated carbocycles. The number of guanidine groups is 1. The Balaban J connectivity index is 1.02. The Morgan fingerprint density at radius 3 is 2.06 bits per heavy atom. The van der Waals surface area contributed by atoms with Crippen LogP contribution in [0.25, 0.3) is 11.2 Å². The van der Waals surface area contributed by atoms with Crippen LogP contribution in [-0.2, 0) is 40.8 Å². The number of likely N-dealkylation sites (N-methyl/N-ethyl adjacent to an activating group) is 1. The largest absolute Gasteiger partial charge is 0.490 e. The molecule has 2 aromatic rings. The van der Waals surface area contributed by atoms with E-state index in [0.29, 0.717) is 0 Å². The molecule has 28 nitrogen and oxygen atoms in total. The van der Waals surface area contributed by atoms with Gasteiger partial charge in [-0.2, -0.15) is 13.6 Å². The van der Waals surface area contributed by atoms with Gasteiger partial charge in [0.15, 0.2) is 35.8 Å². The lowest BCUT2D eigenvalue weighted by Crippen LogP contribution is -2.48. The van der Waals surface area contributed by atoms with Gasteiger partial charge in [0.05, 0.1) is 26.2 Å². The Labute approximate surface area is 289 Å². The van der Waals surface area contributed by atoms with Gasteiger partial charge in [-0.15, -0.1) is 0 Å². The van der Waals surface area contributed by atoms with Crippen molar-refractivity contribution in [3.05, 3.63) is 28.2 Å². The van der Waals surface area contributed by atoms with Gasteiger partial charge in [-0.3, -0.25) is 23.4 Å². The highest BCUT2D eigenvalue weighted by atomic mass is 31.3. The zero-order valence-corrected chi connectivity index (χ0v) is 28.9. The van der Waals surface area contributed by atoms with Crippen molar-refractivity contribution in [3.63, 3.8) is 0 Å². The topological polar surface area (TPSA) is 415 Å². The number of H-pyrrole nitrogens is 1. The number of nitrogen functional groups attached to an aromatic ring is 1. The minimum atomic E-state index is -5.99. The lowest BCUT2D eigenvalue weighted by atomic mass is 10.1. The first-order valence-electron chi connectivity index (χ1n) is 14.6. The number of fused-ring (bicyclic) bond motifs is 1. The molecular weight excluding hydrogens is 773 g/mol. The first kappa shape index (κ1) is 38.6. The number of aliphatic hydroxyl groups is 5. The van der Waals surface area contributed by atoms with E-state index in [1.165, 1.54) is 9.80 Å². The summed E-state index contributed by atoms with van der Waals surface area (Å²) in [5, 5.41) is 55.1. The number of anilines is 1. The molecule has 0 spiro atoms. The highest BCUT2D eigenvalue weighted by molar-refractivity contribution is 7.66. The maximum atomic E-state index is 12.5. The number of rotatable bonds is 12. The van der Waals surface area contributed by atoms with Crippen LogP contribution in [0, 0.1) is 0 Å². The number of hydrogen-bond donors (Lipinski definition) is 12. The van der Waals surface area contributed by atoms with Crippen molar-refractivity contribution in [3.8, 4) is 0 Å². The van der Waals surface area contributed by atoms with Crippen molar-refractivity contribution in [1.82, 2.24) is 34.6 Å². The normalized spacial score (nSPS) is 34.2. The minimum absolute atomic E-state index is 0.000429. The second-order valence-electron chi connectivity index (χ2n) is 11.6. The van der Waals surface area contributed by atoms with Gasteiger partial charge in [0.2, 0.25) is 5.95 Å². The van der Waals surface area contributed by atoms with E-state index in [9.17, 15) is 58.7 Å². The van der Waals surface area contributed by atoms with Gasteiger partial charge in [0.25, 0.3) is 5.56 Å². The molecule has 2 fully saturated rings. The molecule has 0 aromatic carbocycles. The summed E-state index contributed by atoms with van der Waals surface area (Å²) in [6.45, 7) is -2.13. The summed E-state index contributed by atoms with van der Waals surface area (Å²) >= 11 is 0. The van der Waals surface area contributed by atoms with Gasteiger partial charge >= 0.3 is 23.5 Å². The third-order valence-electron chi connectivity index (χ3n) is 7.98. The molecule has 2 aromatic heterocycles. The van der Waals surface area contributed by atoms with E-state index in [1.54, 1.807) is 7.05 Å². The van der Waals surface area contributed by atoms with Crippen LogP contribution in [0.15, 0.2) is 27.6 Å². The Kier molecular flexibility index (Phi) is 10.4. The fraction of sp³-hybridized carbons (Fsp3) is 0.619. The molecular formula is C21H33N10O18P3. The van der Waals surface area contributed by atoms with Gasteiger partial charge < -0.3 is 76.3 Å². The highest BCUT2D eigenvalue weighted by Gasteiger charge is 2.51. The molecule has 31 heteroatoms. The molecule has 290 valence electrons. The number of phosphoric ester groups is 2. The lowest BCUT2D eigenvalue weighted by molar-refractivity contribution is -0.0877. The summed E-state index contributed by atoms with van der Waals surface area (Å²) in [5.74, 6) is -0.283. The fourth-order valence-electron chi connectivity index (χ4n) is 5.72. The van der Waals surface area contributed by atoms with Crippen LogP contribution >= 0.6 is 23.5 Å². The number of nitrogens with two attached hydrogens (primary N) is 2. The SMILES string of the molecule is CN1CN([C@@H]2O[C@H](COP(=O)(O)OP(=O)(O)OP(=O)(O)OC[C@H]3O[C@@H](n4cnc5c(=O)[nH]c(N)nc54)C(O)C3O)[C@H](O)C2O)C2=C1C(O)N=C(N)N2. The van der Waals surface area contributed by atoms with Gasteiger partial charge in [-0.25, -0.2) is 23.7 Å². The molecule has 0 radical (unpaired) electrons. The quantitative estimate of drug-likeness (QED) is 0.0891. The number of ether oxygens (including phenoxy) is 2. The first-order valence-corrected chi connectivity index (χ1v) is 19.1. The molecule has 0 bridgehead atoms. The van der Waals surface area contributed by atoms with Gasteiger partial charge in [0.1, 0.15) is 48.1 Å². The second-order valence-corrected chi connectivity index (χ2v) is 16.2. The Bertz CT molecular complexity index is 1980. The maximum Gasteiger partial charge on any atom is 0.490 e. The van der Waals surface area contributed by atoms with Crippen molar-refractivity contribution < 1.29 is 81.1 Å². The predicted molar refractivity (Wildman–Crippen MR) is 165 cm³/mol. The lowest BCUT2D eigenvalue weighted by Gasteiger charge is -2.31. The molecule has 2 saturated heterocycles. The number of aliphatic imine (C=N–C) groups is 1. The van der Waals surface area contributed by atoms with E-state index in [4.69, 9.17) is 20.9 Å². The monoisotopic (exact) mass is 806 g/mol. The molecule has 0 aliphatic carbocycles. The number of aromatic amines is 1. The number of aromatic nitrogens is 4. The van der Waals surface area contributed by atoms with Crippen molar-refractivity contribution >= 4 is 46.5 Å². The van der Waals surface area contributed by atoms with Gasteiger partial charge in [0, 0.05) is 7.05 Å². The number of nitrogens with one attached hydrogen (secondary N) is 2. The number of nitrogens with zero attached hydrogens (tertiary/aromatic N) is 6. The molecule has 6 rings (SSSR count). The third kappa shape index (κ3) is 7.61. The summed E-state index contributed by atoms with van der Waals surface area (Å²) < 4.78 is 66.8. The summed E-state index contributed by atoms with van der Waals surface area (Å²) in [6, 6.07) is 0. The van der Waals surface area contributed by atoms with E-state index in [0.717, 1.165) is 10.9 Å². The number of phosphoric acid groups is 3. The fourth-order valence-corrected chi connectivity index (χ4v) is 9.24. The van der Waals surface area contributed by atoms with Crippen molar-refractivity contribution in [1.29, 1.82) is 0 Å². The Hall–Kier alpha value is -3.11. The van der Waals surface area contributed by atoms with Crippen LogP contribution < -0.4 is 22.3 Å². The molecule has 4 aliphatic heterocycles. The van der Waals surface area contributed by atoms with Crippen LogP contribution in [-0.4, -0.2) is 152 Å². The number of hydrogen-bond acceptors (Lipinski definition) is 23. The summed E-state index contributed by atoms with van der Waals surface area (Å²) in [7, 11) is -15.8. The van der Waals surface area contributed by atoms with Gasteiger partial charge in [-0.1, -0.05) is 0 Å². The molecule has 0 amide bonds. The summed E-state index contributed by atoms with van der Waals surface area (Å²) in [5.41, 5.74) is 10.4. The molecule has 7 unspecified atom stereocenters. The first-order chi connectivity index (χ1) is 24.2. The van der Waals surface area contributed by atoms with Crippen molar-refractivity contribution in [2.75, 3.05) is 32.7 Å². The summed E-state index contributed by atoms with van der Waals surface area (Å²) in [4.78, 5) is 58.7. The molecule has 52 heavy (non-hydrogen) atoms. The molecule has 14 N–H and O–H groups in total. The van der Waals surface area contributed by atoms with Crippen LogP contribution in [0.1, 0.15) is 6.23 Å². The molecule has 6 heterocycles. The van der Waals surface area contributed by atoms with E-state index < -0.39 is 97.5 Å². The van der Waals surface area contributed by atoms with E-state index in [2.05, 4.69) is 42.9 Å². The van der Waals surface area contributed by atoms with Crippen LogP contribution in [0.2, 0.25) is 0 Å². The smallest absolute Gasteiger partial charge is 0.387 e. The number of aliphatic hydroxyl groups excluding tert-OH is 5.